The fraction of sp³-hybridized carbons (Fsp3) is 0.273. The summed E-state index contributed by atoms with van der Waals surface area (Å²) in [6.45, 7) is 0. The summed E-state index contributed by atoms with van der Waals surface area (Å²) in [4.78, 5) is 0. The highest BCUT2D eigenvalue weighted by molar-refractivity contribution is 9.11. The molecule has 1 aromatic rings. The molecule has 1 aliphatic carbocycles. The number of hydrogen-bond donors (Lipinski definition) is 0. The predicted molar refractivity (Wildman–Crippen MR) is 56.1 cm³/mol. The highest BCUT2D eigenvalue weighted by atomic mass is 79.9. The van der Waals surface area contributed by atoms with E-state index in [-0.39, 0.29) is 0 Å². The van der Waals surface area contributed by atoms with Gasteiger partial charge < -0.3 is 0 Å². The van der Waals surface area contributed by atoms with E-state index in [1.54, 1.807) is 0 Å². The smallest absolute Gasteiger partial charge is 0.00124 e. The van der Waals surface area contributed by atoms with Gasteiger partial charge in [-0.15, -0.1) is 0 Å². The van der Waals surface area contributed by atoms with Crippen LogP contribution in [0, 0.1) is 5.92 Å². The largest absolute Gasteiger partial charge is 0.0622 e. The number of allylic oxidation sites excluding steroid dienone is 1. The first-order valence-electron chi connectivity index (χ1n) is 4.28. The van der Waals surface area contributed by atoms with Crippen LogP contribution < -0.4 is 0 Å². The molecule has 0 nitrogen and oxygen atoms in total. The summed E-state index contributed by atoms with van der Waals surface area (Å²) in [5.74, 6) is 0.810. The molecular formula is C11H11Br. The Kier molecular flexibility index (Phi) is 2.31. The molecule has 0 bridgehead atoms. The van der Waals surface area contributed by atoms with Crippen molar-refractivity contribution in [2.45, 2.75) is 12.8 Å². The number of halogens is 1. The number of rotatable bonds is 2. The third-order valence-corrected chi connectivity index (χ3v) is 2.95. The average Bonchev–Trinajstić information content (AvgIpc) is 2.88. The molecule has 0 N–H and O–H groups in total. The Labute approximate surface area is 81.4 Å². The molecule has 0 radical (unpaired) electrons. The lowest BCUT2D eigenvalue weighted by molar-refractivity contribution is 1.11. The van der Waals surface area contributed by atoms with Crippen LogP contribution in [-0.4, -0.2) is 0 Å². The zero-order valence-corrected chi connectivity index (χ0v) is 8.42. The van der Waals surface area contributed by atoms with Gasteiger partial charge in [0.15, 0.2) is 0 Å². The topological polar surface area (TPSA) is 0 Å². The molecule has 0 unspecified atom stereocenters. The van der Waals surface area contributed by atoms with Crippen LogP contribution in [0.4, 0.5) is 0 Å². The second-order valence-electron chi connectivity index (χ2n) is 3.21. The number of hydrogen-bond acceptors (Lipinski definition) is 0. The maximum absolute atomic E-state index is 3.60. The highest BCUT2D eigenvalue weighted by Crippen LogP contribution is 2.40. The van der Waals surface area contributed by atoms with Gasteiger partial charge in [0.2, 0.25) is 0 Å². The maximum Gasteiger partial charge on any atom is -0.00124 e. The van der Waals surface area contributed by atoms with Crippen LogP contribution in [0.2, 0.25) is 0 Å². The zero-order chi connectivity index (χ0) is 8.39. The van der Waals surface area contributed by atoms with Gasteiger partial charge in [-0.05, 0) is 34.9 Å². The molecule has 1 aliphatic rings. The quantitative estimate of drug-likeness (QED) is 0.714. The molecular weight excluding hydrogens is 212 g/mol. The van der Waals surface area contributed by atoms with E-state index >= 15 is 0 Å². The van der Waals surface area contributed by atoms with Crippen molar-refractivity contribution in [1.82, 2.24) is 0 Å². The molecule has 1 heteroatoms. The first kappa shape index (κ1) is 8.06. The SMILES string of the molecule is Br/C(=C\c1ccccc1)C1CC1. The Morgan fingerprint density at radius 1 is 1.25 bits per heavy atom. The van der Waals surface area contributed by atoms with Gasteiger partial charge in [-0.1, -0.05) is 46.3 Å². The van der Waals surface area contributed by atoms with Crippen LogP contribution in [0.5, 0.6) is 0 Å². The second-order valence-corrected chi connectivity index (χ2v) is 4.13. The summed E-state index contributed by atoms with van der Waals surface area (Å²) in [5.41, 5.74) is 1.29. The average molecular weight is 223 g/mol. The molecule has 62 valence electrons. The van der Waals surface area contributed by atoms with Gasteiger partial charge in [-0.2, -0.15) is 0 Å². The predicted octanol–water partition coefficient (Wildman–Crippen LogP) is 3.83. The molecule has 0 saturated heterocycles. The van der Waals surface area contributed by atoms with Crippen molar-refractivity contribution >= 4 is 22.0 Å². The van der Waals surface area contributed by atoms with Gasteiger partial charge >= 0.3 is 0 Å². The van der Waals surface area contributed by atoms with Gasteiger partial charge in [0.1, 0.15) is 0 Å². The molecule has 0 atom stereocenters. The summed E-state index contributed by atoms with van der Waals surface area (Å²) < 4.78 is 1.36. The van der Waals surface area contributed by atoms with Crippen molar-refractivity contribution in [3.8, 4) is 0 Å². The van der Waals surface area contributed by atoms with Crippen LogP contribution in [0.25, 0.3) is 6.08 Å². The Balaban J connectivity index is 2.15. The van der Waals surface area contributed by atoms with Gasteiger partial charge in [0, 0.05) is 0 Å². The minimum absolute atomic E-state index is 0.810. The molecule has 0 aliphatic heterocycles. The van der Waals surface area contributed by atoms with Crippen LogP contribution in [0.15, 0.2) is 34.8 Å². The van der Waals surface area contributed by atoms with E-state index in [1.807, 2.05) is 6.07 Å². The van der Waals surface area contributed by atoms with Gasteiger partial charge in [0.05, 0.1) is 0 Å². The van der Waals surface area contributed by atoms with Crippen LogP contribution in [0.3, 0.4) is 0 Å². The monoisotopic (exact) mass is 222 g/mol. The van der Waals surface area contributed by atoms with E-state index in [2.05, 4.69) is 46.3 Å². The summed E-state index contributed by atoms with van der Waals surface area (Å²) in [6, 6.07) is 10.4. The zero-order valence-electron chi connectivity index (χ0n) is 6.83. The Morgan fingerprint density at radius 3 is 2.50 bits per heavy atom. The number of benzene rings is 1. The molecule has 2 rings (SSSR count). The summed E-state index contributed by atoms with van der Waals surface area (Å²) in [5, 5.41) is 0. The van der Waals surface area contributed by atoms with Crippen molar-refractivity contribution in [1.29, 1.82) is 0 Å². The summed E-state index contributed by atoms with van der Waals surface area (Å²) in [7, 11) is 0. The molecule has 1 aromatic carbocycles. The van der Waals surface area contributed by atoms with E-state index < -0.39 is 0 Å². The first-order valence-corrected chi connectivity index (χ1v) is 5.08. The van der Waals surface area contributed by atoms with Gasteiger partial charge in [0.25, 0.3) is 0 Å². The Hall–Kier alpha value is -0.560. The lowest BCUT2D eigenvalue weighted by Crippen LogP contribution is -1.74. The minimum Gasteiger partial charge on any atom is -0.0622 e. The van der Waals surface area contributed by atoms with E-state index in [9.17, 15) is 0 Å². The van der Waals surface area contributed by atoms with Crippen molar-refractivity contribution in [3.63, 3.8) is 0 Å². The molecule has 0 amide bonds. The third-order valence-electron chi connectivity index (χ3n) is 2.07. The molecule has 12 heavy (non-hydrogen) atoms. The maximum atomic E-state index is 3.60. The van der Waals surface area contributed by atoms with Crippen LogP contribution in [-0.2, 0) is 0 Å². The Morgan fingerprint density at radius 2 is 1.92 bits per heavy atom. The third kappa shape index (κ3) is 1.98. The Bertz CT molecular complexity index is 283. The fourth-order valence-corrected chi connectivity index (χ4v) is 1.91. The molecule has 0 spiro atoms. The van der Waals surface area contributed by atoms with E-state index in [0.29, 0.717) is 0 Å². The standard InChI is InChI=1S/C11H11Br/c12-11(10-6-7-10)8-9-4-2-1-3-5-9/h1-5,8,10H,6-7H2/b11-8-. The van der Waals surface area contributed by atoms with Crippen LogP contribution >= 0.6 is 15.9 Å². The summed E-state index contributed by atoms with van der Waals surface area (Å²) in [6.07, 6.45) is 4.92. The molecule has 0 heterocycles. The molecule has 1 saturated carbocycles. The van der Waals surface area contributed by atoms with E-state index in [4.69, 9.17) is 0 Å². The normalized spacial score (nSPS) is 17.9. The van der Waals surface area contributed by atoms with E-state index in [1.165, 1.54) is 22.9 Å². The van der Waals surface area contributed by atoms with Crippen molar-refractivity contribution < 1.29 is 0 Å². The lowest BCUT2D eigenvalue weighted by atomic mass is 10.2. The fourth-order valence-electron chi connectivity index (χ4n) is 1.19. The lowest BCUT2D eigenvalue weighted by Gasteiger charge is -1.95. The first-order chi connectivity index (χ1) is 5.86. The van der Waals surface area contributed by atoms with Crippen molar-refractivity contribution in [3.05, 3.63) is 40.4 Å². The highest BCUT2D eigenvalue weighted by Gasteiger charge is 2.23. The minimum atomic E-state index is 0.810. The summed E-state index contributed by atoms with van der Waals surface area (Å²) >= 11 is 3.60. The second kappa shape index (κ2) is 3.44. The van der Waals surface area contributed by atoms with Crippen molar-refractivity contribution in [2.75, 3.05) is 0 Å². The molecule has 0 aromatic heterocycles. The van der Waals surface area contributed by atoms with Crippen molar-refractivity contribution in [2.24, 2.45) is 5.92 Å². The van der Waals surface area contributed by atoms with Crippen LogP contribution in [0.1, 0.15) is 18.4 Å². The van der Waals surface area contributed by atoms with E-state index in [0.717, 1.165) is 5.92 Å². The van der Waals surface area contributed by atoms with Gasteiger partial charge in [-0.25, -0.2) is 0 Å². The molecule has 1 fully saturated rings. The van der Waals surface area contributed by atoms with Gasteiger partial charge in [-0.3, -0.25) is 0 Å².